The van der Waals surface area contributed by atoms with Crippen molar-refractivity contribution in [3.8, 4) is 0 Å². The number of amides is 1. The van der Waals surface area contributed by atoms with Gasteiger partial charge in [0.1, 0.15) is 0 Å². The summed E-state index contributed by atoms with van der Waals surface area (Å²) in [5.41, 5.74) is 2.11. The average Bonchev–Trinajstić information content (AvgIpc) is 2.73. The molecule has 0 bridgehead atoms. The minimum absolute atomic E-state index is 0.130. The van der Waals surface area contributed by atoms with Crippen LogP contribution in [0, 0.1) is 5.92 Å². The molecule has 0 aliphatic carbocycles. The number of rotatable bonds is 3. The van der Waals surface area contributed by atoms with E-state index in [2.05, 4.69) is 29.1 Å². The van der Waals surface area contributed by atoms with Crippen molar-refractivity contribution < 1.29 is 4.79 Å². The molecule has 5 heteroatoms. The molecule has 1 aromatic heterocycles. The van der Waals surface area contributed by atoms with Gasteiger partial charge in [0.2, 0.25) is 5.91 Å². The number of imidazole rings is 1. The maximum Gasteiger partial charge on any atom is 0.239 e. The highest BCUT2D eigenvalue weighted by molar-refractivity contribution is 5.82. The van der Waals surface area contributed by atoms with E-state index in [9.17, 15) is 4.79 Å². The minimum atomic E-state index is -0.130. The van der Waals surface area contributed by atoms with Crippen molar-refractivity contribution in [3.63, 3.8) is 0 Å². The molecule has 0 saturated heterocycles. The lowest BCUT2D eigenvalue weighted by molar-refractivity contribution is -0.132. The zero-order chi connectivity index (χ0) is 12.4. The van der Waals surface area contributed by atoms with Crippen LogP contribution in [0.25, 0.3) is 0 Å². The summed E-state index contributed by atoms with van der Waals surface area (Å²) in [7, 11) is 1.87. The Morgan fingerprint density at radius 1 is 1.65 bits per heavy atom. The Hall–Kier alpha value is -1.36. The standard InChI is InChI=1S/C12H20N4O/c1-8(2)6-16(3)12(17)10-4-9-11(5-13-10)15-7-14-9/h7-8,10,13H,4-6H2,1-3H3,(H,14,15). The van der Waals surface area contributed by atoms with Crippen molar-refractivity contribution >= 4 is 5.91 Å². The molecule has 5 nitrogen and oxygen atoms in total. The fourth-order valence-corrected chi connectivity index (χ4v) is 2.25. The second-order valence-corrected chi connectivity index (χ2v) is 5.08. The normalized spacial score (nSPS) is 19.2. The highest BCUT2D eigenvalue weighted by Gasteiger charge is 2.27. The van der Waals surface area contributed by atoms with E-state index < -0.39 is 0 Å². The highest BCUT2D eigenvalue weighted by atomic mass is 16.2. The molecule has 0 fully saturated rings. The van der Waals surface area contributed by atoms with Gasteiger partial charge >= 0.3 is 0 Å². The Balaban J connectivity index is 1.98. The molecule has 1 aliphatic rings. The third-order valence-corrected chi connectivity index (χ3v) is 3.04. The van der Waals surface area contributed by atoms with Crippen LogP contribution in [0.3, 0.4) is 0 Å². The summed E-state index contributed by atoms with van der Waals surface area (Å²) in [6.07, 6.45) is 2.37. The smallest absolute Gasteiger partial charge is 0.239 e. The molecule has 2 rings (SSSR count). The molecule has 0 aromatic carbocycles. The van der Waals surface area contributed by atoms with Crippen molar-refractivity contribution in [2.24, 2.45) is 5.92 Å². The topological polar surface area (TPSA) is 61.0 Å². The van der Waals surface area contributed by atoms with Gasteiger partial charge < -0.3 is 9.88 Å². The predicted molar refractivity (Wildman–Crippen MR) is 65.4 cm³/mol. The van der Waals surface area contributed by atoms with Crippen molar-refractivity contribution in [1.29, 1.82) is 0 Å². The van der Waals surface area contributed by atoms with Crippen LogP contribution in [0.5, 0.6) is 0 Å². The fourth-order valence-electron chi connectivity index (χ4n) is 2.25. The lowest BCUT2D eigenvalue weighted by Gasteiger charge is -2.28. The predicted octanol–water partition coefficient (Wildman–Crippen LogP) is 0.538. The molecule has 17 heavy (non-hydrogen) atoms. The van der Waals surface area contributed by atoms with Crippen LogP contribution in [-0.2, 0) is 17.8 Å². The Morgan fingerprint density at radius 3 is 3.12 bits per heavy atom. The van der Waals surface area contributed by atoms with E-state index in [-0.39, 0.29) is 11.9 Å². The summed E-state index contributed by atoms with van der Waals surface area (Å²) in [5, 5.41) is 3.25. The lowest BCUT2D eigenvalue weighted by atomic mass is 10.0. The van der Waals surface area contributed by atoms with Crippen molar-refractivity contribution in [1.82, 2.24) is 20.2 Å². The largest absolute Gasteiger partial charge is 0.347 e. The Labute approximate surface area is 102 Å². The van der Waals surface area contributed by atoms with Crippen molar-refractivity contribution in [2.75, 3.05) is 13.6 Å². The molecule has 0 saturated carbocycles. The summed E-state index contributed by atoms with van der Waals surface area (Å²) in [6, 6.07) is -0.130. The number of H-pyrrole nitrogens is 1. The van der Waals surface area contributed by atoms with Crippen molar-refractivity contribution in [2.45, 2.75) is 32.9 Å². The summed E-state index contributed by atoms with van der Waals surface area (Å²) in [5.74, 6) is 0.654. The number of likely N-dealkylation sites (N-methyl/N-ethyl adjacent to an activating group) is 1. The molecule has 2 N–H and O–H groups in total. The summed E-state index contributed by atoms with van der Waals surface area (Å²) in [6.45, 7) is 5.72. The summed E-state index contributed by atoms with van der Waals surface area (Å²) in [4.78, 5) is 21.3. The number of aromatic nitrogens is 2. The van der Waals surface area contributed by atoms with Crippen LogP contribution in [-0.4, -0.2) is 40.4 Å². The highest BCUT2D eigenvalue weighted by Crippen LogP contribution is 2.13. The second-order valence-electron chi connectivity index (χ2n) is 5.08. The van der Waals surface area contributed by atoms with Gasteiger partial charge in [-0.1, -0.05) is 13.8 Å². The van der Waals surface area contributed by atoms with Crippen molar-refractivity contribution in [3.05, 3.63) is 17.7 Å². The van der Waals surface area contributed by atoms with Crippen LogP contribution in [0.2, 0.25) is 0 Å². The lowest BCUT2D eigenvalue weighted by Crippen LogP contribution is -2.49. The first kappa shape index (κ1) is 12.1. The van der Waals surface area contributed by atoms with Gasteiger partial charge in [-0.05, 0) is 5.92 Å². The summed E-state index contributed by atoms with van der Waals surface area (Å²) < 4.78 is 0. The Kier molecular flexibility index (Phi) is 3.47. The molecule has 0 spiro atoms. The molecule has 1 aromatic rings. The first-order chi connectivity index (χ1) is 8.08. The number of hydrogen-bond acceptors (Lipinski definition) is 3. The number of fused-ring (bicyclic) bond motifs is 1. The van der Waals surface area contributed by atoms with E-state index in [0.717, 1.165) is 17.9 Å². The molecule has 1 amide bonds. The number of carbonyl (C=O) groups is 1. The van der Waals surface area contributed by atoms with Crippen LogP contribution in [0.4, 0.5) is 0 Å². The third kappa shape index (κ3) is 2.66. The molecule has 1 aliphatic heterocycles. The van der Waals surface area contributed by atoms with Gasteiger partial charge in [0.05, 0.1) is 23.8 Å². The number of hydrogen-bond donors (Lipinski definition) is 2. The average molecular weight is 236 g/mol. The van der Waals surface area contributed by atoms with Gasteiger partial charge in [0, 0.05) is 26.6 Å². The van der Waals surface area contributed by atoms with Crippen LogP contribution in [0.1, 0.15) is 25.2 Å². The first-order valence-corrected chi connectivity index (χ1v) is 6.07. The molecular weight excluding hydrogens is 216 g/mol. The molecule has 1 atom stereocenters. The van der Waals surface area contributed by atoms with E-state index in [0.29, 0.717) is 18.9 Å². The maximum atomic E-state index is 12.2. The number of nitrogens with zero attached hydrogens (tertiary/aromatic N) is 2. The SMILES string of the molecule is CC(C)CN(C)C(=O)C1Cc2nc[nH]c2CN1. The van der Waals surface area contributed by atoms with Gasteiger partial charge in [-0.3, -0.25) is 10.1 Å². The van der Waals surface area contributed by atoms with Gasteiger partial charge in [0.15, 0.2) is 0 Å². The molecule has 1 unspecified atom stereocenters. The van der Waals surface area contributed by atoms with E-state index in [1.54, 1.807) is 11.2 Å². The molecule has 0 radical (unpaired) electrons. The number of carbonyl (C=O) groups excluding carboxylic acids is 1. The van der Waals surface area contributed by atoms with Gasteiger partial charge in [0.25, 0.3) is 0 Å². The van der Waals surface area contributed by atoms with E-state index in [1.807, 2.05) is 7.05 Å². The number of nitrogens with one attached hydrogen (secondary N) is 2. The quantitative estimate of drug-likeness (QED) is 0.805. The zero-order valence-corrected chi connectivity index (χ0v) is 10.7. The van der Waals surface area contributed by atoms with E-state index in [1.165, 1.54) is 0 Å². The third-order valence-electron chi connectivity index (χ3n) is 3.04. The molecular formula is C12H20N4O. The van der Waals surface area contributed by atoms with Gasteiger partial charge in [-0.2, -0.15) is 0 Å². The van der Waals surface area contributed by atoms with E-state index >= 15 is 0 Å². The van der Waals surface area contributed by atoms with E-state index in [4.69, 9.17) is 0 Å². The van der Waals surface area contributed by atoms with Crippen LogP contribution >= 0.6 is 0 Å². The second kappa shape index (κ2) is 4.87. The van der Waals surface area contributed by atoms with Gasteiger partial charge in [-0.25, -0.2) is 4.98 Å². The van der Waals surface area contributed by atoms with Crippen LogP contribution < -0.4 is 5.32 Å². The van der Waals surface area contributed by atoms with Crippen LogP contribution in [0.15, 0.2) is 6.33 Å². The minimum Gasteiger partial charge on any atom is -0.347 e. The molecule has 94 valence electrons. The Bertz CT molecular complexity index is 399. The Morgan fingerprint density at radius 2 is 2.41 bits per heavy atom. The first-order valence-electron chi connectivity index (χ1n) is 6.07. The maximum absolute atomic E-state index is 12.2. The fraction of sp³-hybridized carbons (Fsp3) is 0.667. The summed E-state index contributed by atoms with van der Waals surface area (Å²) >= 11 is 0. The van der Waals surface area contributed by atoms with Gasteiger partial charge in [-0.15, -0.1) is 0 Å². The molecule has 2 heterocycles. The number of aromatic amines is 1. The zero-order valence-electron chi connectivity index (χ0n) is 10.7. The monoisotopic (exact) mass is 236 g/mol.